The molecule has 3 N–H and O–H groups in total. The summed E-state index contributed by atoms with van der Waals surface area (Å²) in [5.74, 6) is 0. The van der Waals surface area contributed by atoms with Gasteiger partial charge in [0, 0.05) is 18.2 Å². The van der Waals surface area contributed by atoms with E-state index < -0.39 is 0 Å². The van der Waals surface area contributed by atoms with Gasteiger partial charge < -0.3 is 11.1 Å². The van der Waals surface area contributed by atoms with Gasteiger partial charge in [-0.3, -0.25) is 10.1 Å². The molecule has 0 unspecified atom stereocenters. The fraction of sp³-hybridized carbons (Fsp3) is 0.538. The molecule has 1 rings (SSSR count). The van der Waals surface area contributed by atoms with Crippen molar-refractivity contribution in [1.82, 2.24) is 0 Å². The Morgan fingerprint density at radius 1 is 1.39 bits per heavy atom. The van der Waals surface area contributed by atoms with Gasteiger partial charge in [0.1, 0.15) is 5.69 Å². The number of anilines is 1. The summed E-state index contributed by atoms with van der Waals surface area (Å²) in [5, 5.41) is 14.1. The van der Waals surface area contributed by atoms with Crippen LogP contribution in [-0.4, -0.2) is 17.0 Å². The predicted octanol–water partition coefficient (Wildman–Crippen LogP) is 2.83. The van der Waals surface area contributed by atoms with Crippen molar-refractivity contribution in [1.29, 1.82) is 0 Å². The molecule has 0 amide bonds. The highest BCUT2D eigenvalue weighted by atomic mass is 16.6. The zero-order valence-corrected chi connectivity index (χ0v) is 11.2. The summed E-state index contributed by atoms with van der Waals surface area (Å²) in [4.78, 5) is 10.6. The van der Waals surface area contributed by atoms with Gasteiger partial charge in [-0.05, 0) is 31.4 Å². The number of nitrogens with one attached hydrogen (secondary N) is 1. The second-order valence-electron chi connectivity index (χ2n) is 4.70. The van der Waals surface area contributed by atoms with E-state index in [0.29, 0.717) is 12.2 Å². The third-order valence-electron chi connectivity index (χ3n) is 3.39. The quantitative estimate of drug-likeness (QED) is 0.601. The van der Waals surface area contributed by atoms with Gasteiger partial charge in [-0.25, -0.2) is 0 Å². The van der Waals surface area contributed by atoms with E-state index in [2.05, 4.69) is 5.32 Å². The maximum Gasteiger partial charge on any atom is 0.292 e. The molecule has 0 aliphatic rings. The van der Waals surface area contributed by atoms with Gasteiger partial charge in [-0.1, -0.05) is 19.9 Å². The minimum atomic E-state index is -0.370. The lowest BCUT2D eigenvalue weighted by Gasteiger charge is -2.27. The van der Waals surface area contributed by atoms with Crippen LogP contribution in [0.25, 0.3) is 0 Å². The maximum absolute atomic E-state index is 11.0. The molecule has 0 radical (unpaired) electrons. The maximum atomic E-state index is 11.0. The highest BCUT2D eigenvalue weighted by molar-refractivity contribution is 5.62. The Morgan fingerprint density at radius 2 is 2.00 bits per heavy atom. The zero-order chi connectivity index (χ0) is 13.8. The number of nitrogens with two attached hydrogens (primary N) is 1. The van der Waals surface area contributed by atoms with Crippen LogP contribution < -0.4 is 11.1 Å². The number of hydrogen-bond donors (Lipinski definition) is 2. The van der Waals surface area contributed by atoms with Crippen LogP contribution in [0.2, 0.25) is 0 Å². The van der Waals surface area contributed by atoms with E-state index in [1.54, 1.807) is 12.1 Å². The van der Waals surface area contributed by atoms with Crippen LogP contribution in [0.15, 0.2) is 18.2 Å². The predicted molar refractivity (Wildman–Crippen MR) is 73.8 cm³/mol. The summed E-state index contributed by atoms with van der Waals surface area (Å²) in [6, 6.07) is 5.16. The smallest absolute Gasteiger partial charge is 0.292 e. The molecule has 100 valence electrons. The van der Waals surface area contributed by atoms with E-state index in [1.807, 2.05) is 26.8 Å². The van der Waals surface area contributed by atoms with E-state index in [4.69, 9.17) is 5.73 Å². The number of benzene rings is 1. The number of nitro benzene ring substituents is 1. The van der Waals surface area contributed by atoms with Gasteiger partial charge in [-0.15, -0.1) is 0 Å². The van der Waals surface area contributed by atoms with E-state index in [1.165, 1.54) is 0 Å². The molecule has 5 heteroatoms. The molecule has 0 saturated heterocycles. The lowest BCUT2D eigenvalue weighted by Crippen LogP contribution is -2.45. The molecule has 18 heavy (non-hydrogen) atoms. The Labute approximate surface area is 108 Å². The monoisotopic (exact) mass is 251 g/mol. The average Bonchev–Trinajstić information content (AvgIpc) is 2.36. The van der Waals surface area contributed by atoms with Gasteiger partial charge in [0.25, 0.3) is 5.69 Å². The molecule has 1 aromatic rings. The SMILES string of the molecule is CCC(N)(CC)CNc1ccc(C)cc1[N+](=O)[O-]. The molecule has 1 aromatic carbocycles. The first-order valence-corrected chi connectivity index (χ1v) is 6.19. The largest absolute Gasteiger partial charge is 0.378 e. The third-order valence-corrected chi connectivity index (χ3v) is 3.39. The van der Waals surface area contributed by atoms with Crippen LogP contribution in [-0.2, 0) is 0 Å². The van der Waals surface area contributed by atoms with Crippen LogP contribution >= 0.6 is 0 Å². The summed E-state index contributed by atoms with van der Waals surface area (Å²) in [6.45, 7) is 6.41. The molecule has 0 spiro atoms. The lowest BCUT2D eigenvalue weighted by atomic mass is 9.94. The number of nitro groups is 1. The zero-order valence-electron chi connectivity index (χ0n) is 11.2. The first-order valence-electron chi connectivity index (χ1n) is 6.19. The fourth-order valence-corrected chi connectivity index (χ4v) is 1.71. The summed E-state index contributed by atoms with van der Waals surface area (Å²) >= 11 is 0. The van der Waals surface area contributed by atoms with E-state index in [9.17, 15) is 10.1 Å². The summed E-state index contributed by atoms with van der Waals surface area (Å²) in [6.07, 6.45) is 1.66. The standard InChI is InChI=1S/C13H21N3O2/c1-4-13(14,5-2)9-15-11-7-6-10(3)8-12(11)16(17)18/h6-8,15H,4-5,9,14H2,1-3H3. The summed E-state index contributed by atoms with van der Waals surface area (Å²) in [5.41, 5.74) is 7.35. The highest BCUT2D eigenvalue weighted by Gasteiger charge is 2.21. The average molecular weight is 251 g/mol. The van der Waals surface area contributed by atoms with Gasteiger partial charge in [0.05, 0.1) is 4.92 Å². The van der Waals surface area contributed by atoms with Crippen molar-refractivity contribution in [3.8, 4) is 0 Å². The minimum Gasteiger partial charge on any atom is -0.378 e. The van der Waals surface area contributed by atoms with Gasteiger partial charge in [-0.2, -0.15) is 0 Å². The van der Waals surface area contributed by atoms with Crippen molar-refractivity contribution >= 4 is 11.4 Å². The number of rotatable bonds is 6. The molecule has 0 saturated carbocycles. The molecule has 0 heterocycles. The Hall–Kier alpha value is -1.62. The molecular formula is C13H21N3O2. The van der Waals surface area contributed by atoms with Crippen molar-refractivity contribution in [2.75, 3.05) is 11.9 Å². The Balaban J connectivity index is 2.88. The lowest BCUT2D eigenvalue weighted by molar-refractivity contribution is -0.384. The Kier molecular flexibility index (Phi) is 4.67. The Bertz CT molecular complexity index is 428. The molecule has 5 nitrogen and oxygen atoms in total. The number of hydrogen-bond acceptors (Lipinski definition) is 4. The second kappa shape index (κ2) is 5.82. The van der Waals surface area contributed by atoms with E-state index >= 15 is 0 Å². The van der Waals surface area contributed by atoms with Gasteiger partial charge in [0.15, 0.2) is 0 Å². The highest BCUT2D eigenvalue weighted by Crippen LogP contribution is 2.26. The molecule has 0 bridgehead atoms. The third kappa shape index (κ3) is 3.43. The van der Waals surface area contributed by atoms with E-state index in [0.717, 1.165) is 18.4 Å². The van der Waals surface area contributed by atoms with Crippen LogP contribution in [0.3, 0.4) is 0 Å². The molecule has 0 atom stereocenters. The van der Waals surface area contributed by atoms with Crippen molar-refractivity contribution in [3.63, 3.8) is 0 Å². The molecule has 0 aromatic heterocycles. The summed E-state index contributed by atoms with van der Waals surface area (Å²) in [7, 11) is 0. The van der Waals surface area contributed by atoms with Crippen LogP contribution in [0.4, 0.5) is 11.4 Å². The van der Waals surface area contributed by atoms with Crippen molar-refractivity contribution in [2.45, 2.75) is 39.2 Å². The number of nitrogens with zero attached hydrogens (tertiary/aromatic N) is 1. The fourth-order valence-electron chi connectivity index (χ4n) is 1.71. The molecular weight excluding hydrogens is 230 g/mol. The Morgan fingerprint density at radius 3 is 2.50 bits per heavy atom. The minimum absolute atomic E-state index is 0.101. The first kappa shape index (κ1) is 14.4. The molecule has 0 aliphatic carbocycles. The number of aryl methyl sites for hydroxylation is 1. The van der Waals surface area contributed by atoms with Crippen LogP contribution in [0.5, 0.6) is 0 Å². The molecule has 0 aliphatic heterocycles. The second-order valence-corrected chi connectivity index (χ2v) is 4.70. The summed E-state index contributed by atoms with van der Waals surface area (Å²) < 4.78 is 0. The normalized spacial score (nSPS) is 11.3. The molecule has 0 fully saturated rings. The van der Waals surface area contributed by atoms with E-state index in [-0.39, 0.29) is 16.1 Å². The van der Waals surface area contributed by atoms with Crippen LogP contribution in [0.1, 0.15) is 32.3 Å². The topological polar surface area (TPSA) is 81.2 Å². The first-order chi connectivity index (χ1) is 8.41. The van der Waals surface area contributed by atoms with Crippen molar-refractivity contribution in [3.05, 3.63) is 33.9 Å². The van der Waals surface area contributed by atoms with Gasteiger partial charge >= 0.3 is 0 Å². The van der Waals surface area contributed by atoms with Crippen LogP contribution in [0, 0.1) is 17.0 Å². The van der Waals surface area contributed by atoms with Crippen molar-refractivity contribution in [2.24, 2.45) is 5.73 Å². The van der Waals surface area contributed by atoms with Crippen molar-refractivity contribution < 1.29 is 4.92 Å². The van der Waals surface area contributed by atoms with Gasteiger partial charge in [0.2, 0.25) is 0 Å².